The maximum Gasteiger partial charge on any atom is 0.472 e. The Morgan fingerprint density at radius 2 is 1.17 bits per heavy atom. The first-order chi connectivity index (χ1) is 27.9. The fraction of sp³-hybridized carbons (Fsp3) is 0.536. The molecule has 3 saturated heterocycles. The molecule has 3 aliphatic rings. The molecule has 0 aromatic carbocycles. The Kier molecular flexibility index (Phi) is 12.0. The van der Waals surface area contributed by atoms with Gasteiger partial charge in [-0.2, -0.15) is 9.97 Å². The predicted octanol–water partition coefficient (Wildman–Crippen LogP) is -4.78. The molecule has 7 rings (SSSR count). The van der Waals surface area contributed by atoms with E-state index in [1.54, 1.807) is 0 Å². The number of ether oxygens (including phenoxy) is 3. The van der Waals surface area contributed by atoms with E-state index in [9.17, 15) is 54.0 Å². The standard InChI is InChI=1S/C28H37N11O18P2/c29-13-1-3-37(27(45)35-13)24-17(42)16(41)11(54-24)6-51-58(47,48)57-21-12(55-25(19(21)44)38-4-2-14(30)36-28(38)46)7-52-59(49,50)56-20-10(5-40)53-26(18(20)43)39-9-34-15-22(31)32-8-33-23(15)39/h1-4,8-12,16-21,24-26,40-44H,5-7H2,(H,47,48)(H,49,50)(H2,29,35,45)(H2,30,36,46)(H2,31,32,33). The molecule has 14 unspecified atom stereocenters. The van der Waals surface area contributed by atoms with Gasteiger partial charge in [0, 0.05) is 12.4 Å². The van der Waals surface area contributed by atoms with Crippen LogP contribution >= 0.6 is 15.6 Å². The molecule has 4 aromatic rings. The van der Waals surface area contributed by atoms with Crippen LogP contribution in [0.2, 0.25) is 0 Å². The Labute approximate surface area is 328 Å². The van der Waals surface area contributed by atoms with Crippen molar-refractivity contribution in [3.63, 3.8) is 0 Å². The monoisotopic (exact) mass is 877 g/mol. The van der Waals surface area contributed by atoms with Gasteiger partial charge in [0.1, 0.15) is 78.4 Å². The van der Waals surface area contributed by atoms with Gasteiger partial charge in [0.15, 0.2) is 30.1 Å². The summed E-state index contributed by atoms with van der Waals surface area (Å²) in [6.45, 7) is -2.86. The van der Waals surface area contributed by atoms with E-state index >= 15 is 0 Å². The molecule has 322 valence electrons. The lowest BCUT2D eigenvalue weighted by molar-refractivity contribution is -0.0641. The van der Waals surface area contributed by atoms with Crippen molar-refractivity contribution in [2.24, 2.45) is 0 Å². The molecule has 13 N–H and O–H groups in total. The zero-order valence-electron chi connectivity index (χ0n) is 29.8. The van der Waals surface area contributed by atoms with E-state index in [1.807, 2.05) is 0 Å². The molecule has 29 nitrogen and oxygen atoms in total. The lowest BCUT2D eigenvalue weighted by Crippen LogP contribution is -2.38. The Bertz CT molecular complexity index is 2390. The van der Waals surface area contributed by atoms with E-state index < -0.39 is 120 Å². The molecule has 0 amide bonds. The quantitative estimate of drug-likeness (QED) is 0.0531. The van der Waals surface area contributed by atoms with Crippen LogP contribution in [0.25, 0.3) is 11.2 Å². The van der Waals surface area contributed by atoms with Crippen LogP contribution in [0.3, 0.4) is 0 Å². The molecule has 0 bridgehead atoms. The molecule has 31 heteroatoms. The number of fused-ring (bicyclic) bond motifs is 1. The van der Waals surface area contributed by atoms with Crippen molar-refractivity contribution in [1.82, 2.24) is 38.6 Å². The van der Waals surface area contributed by atoms with Gasteiger partial charge in [0.25, 0.3) is 0 Å². The summed E-state index contributed by atoms with van der Waals surface area (Å²) in [6, 6.07) is 2.37. The van der Waals surface area contributed by atoms with Crippen molar-refractivity contribution in [2.75, 3.05) is 37.0 Å². The highest BCUT2D eigenvalue weighted by atomic mass is 31.2. The van der Waals surface area contributed by atoms with Gasteiger partial charge in [0.05, 0.1) is 26.1 Å². The lowest BCUT2D eigenvalue weighted by Gasteiger charge is -2.25. The zero-order chi connectivity index (χ0) is 42.6. The third kappa shape index (κ3) is 8.63. The topological polar surface area (TPSA) is 432 Å². The highest BCUT2D eigenvalue weighted by Crippen LogP contribution is 2.52. The van der Waals surface area contributed by atoms with Crippen LogP contribution in [-0.4, -0.2) is 149 Å². The highest BCUT2D eigenvalue weighted by Gasteiger charge is 2.53. The Morgan fingerprint density at radius 1 is 0.678 bits per heavy atom. The second-order valence-electron chi connectivity index (χ2n) is 13.2. The number of aromatic nitrogens is 8. The Hall–Kier alpha value is -4.39. The largest absolute Gasteiger partial charge is 0.472 e. The maximum atomic E-state index is 13.3. The average Bonchev–Trinajstić information content (AvgIpc) is 3.90. The molecular formula is C28H37N11O18P2. The summed E-state index contributed by atoms with van der Waals surface area (Å²) in [5.41, 5.74) is 15.1. The van der Waals surface area contributed by atoms with Gasteiger partial charge in [0.2, 0.25) is 0 Å². The normalized spacial score (nSPS) is 33.0. The van der Waals surface area contributed by atoms with Gasteiger partial charge >= 0.3 is 27.0 Å². The Balaban J connectivity index is 1.05. The zero-order valence-corrected chi connectivity index (χ0v) is 31.6. The fourth-order valence-corrected chi connectivity index (χ4v) is 8.46. The van der Waals surface area contributed by atoms with Crippen LogP contribution in [0.15, 0.2) is 46.8 Å². The lowest BCUT2D eigenvalue weighted by atomic mass is 10.1. The number of aliphatic hydroxyl groups excluding tert-OH is 5. The number of aliphatic hydroxyl groups is 5. The first-order valence-corrected chi connectivity index (χ1v) is 20.1. The van der Waals surface area contributed by atoms with Gasteiger partial charge in [-0.05, 0) is 12.1 Å². The number of nitrogens with zero attached hydrogens (tertiary/aromatic N) is 8. The second-order valence-corrected chi connectivity index (χ2v) is 16.0. The van der Waals surface area contributed by atoms with Crippen molar-refractivity contribution in [3.8, 4) is 0 Å². The third-order valence-electron chi connectivity index (χ3n) is 9.36. The molecule has 3 fully saturated rings. The smallest absolute Gasteiger partial charge is 0.394 e. The Morgan fingerprint density at radius 3 is 1.73 bits per heavy atom. The summed E-state index contributed by atoms with van der Waals surface area (Å²) < 4.78 is 66.8. The van der Waals surface area contributed by atoms with Gasteiger partial charge < -0.3 is 66.7 Å². The van der Waals surface area contributed by atoms with Gasteiger partial charge in [-0.15, -0.1) is 0 Å². The summed E-state index contributed by atoms with van der Waals surface area (Å²) in [5.74, 6) is -0.338. The minimum absolute atomic E-state index is 0.00783. The van der Waals surface area contributed by atoms with Gasteiger partial charge in [-0.1, -0.05) is 0 Å². The van der Waals surface area contributed by atoms with Crippen molar-refractivity contribution in [2.45, 2.75) is 73.6 Å². The molecule has 0 spiro atoms. The van der Waals surface area contributed by atoms with Crippen molar-refractivity contribution < 1.29 is 76.8 Å². The maximum absolute atomic E-state index is 13.3. The number of anilines is 3. The molecule has 14 atom stereocenters. The molecule has 0 aliphatic carbocycles. The van der Waals surface area contributed by atoms with E-state index in [4.69, 9.17) is 49.5 Å². The molecule has 4 aromatic heterocycles. The molecule has 3 aliphatic heterocycles. The SMILES string of the molecule is Nc1ccn(C2OC(COP(=O)(O)OC3C(COP(=O)(O)OC4C(CO)OC(n5cnc6c(N)ncnc65)C4O)OC(n4ccc(N)nc4=O)C3O)C(O)C2O)c(=O)n1. The average molecular weight is 878 g/mol. The second kappa shape index (κ2) is 16.6. The van der Waals surface area contributed by atoms with Crippen LogP contribution in [0.4, 0.5) is 17.5 Å². The number of phosphoric acid groups is 2. The van der Waals surface area contributed by atoms with Gasteiger partial charge in [-0.3, -0.25) is 31.8 Å². The molecule has 0 saturated carbocycles. The van der Waals surface area contributed by atoms with Crippen molar-refractivity contribution >= 4 is 44.3 Å². The van der Waals surface area contributed by atoms with Crippen LogP contribution in [0, 0.1) is 0 Å². The summed E-state index contributed by atoms with van der Waals surface area (Å²) in [4.78, 5) is 65.4. The van der Waals surface area contributed by atoms with E-state index in [0.717, 1.165) is 33.9 Å². The van der Waals surface area contributed by atoms with Crippen molar-refractivity contribution in [1.29, 1.82) is 0 Å². The first kappa shape index (κ1) is 42.7. The van der Waals surface area contributed by atoms with E-state index in [0.29, 0.717) is 0 Å². The van der Waals surface area contributed by atoms with Crippen LogP contribution < -0.4 is 28.6 Å². The minimum Gasteiger partial charge on any atom is -0.394 e. The molecule has 7 heterocycles. The number of hydrogen-bond acceptors (Lipinski definition) is 24. The van der Waals surface area contributed by atoms with E-state index in [1.165, 1.54) is 17.0 Å². The first-order valence-electron chi connectivity index (χ1n) is 17.1. The summed E-state index contributed by atoms with van der Waals surface area (Å²) in [5, 5.41) is 53.4. The summed E-state index contributed by atoms with van der Waals surface area (Å²) in [6.07, 6.45) is -16.0. The third-order valence-corrected chi connectivity index (χ3v) is 11.3. The number of phosphoric ester groups is 2. The number of rotatable bonds is 14. The molecular weight excluding hydrogens is 840 g/mol. The number of nitrogen functional groups attached to an aromatic ring is 3. The fourth-order valence-electron chi connectivity index (χ4n) is 6.54. The van der Waals surface area contributed by atoms with Crippen LogP contribution in [0.5, 0.6) is 0 Å². The van der Waals surface area contributed by atoms with Gasteiger partial charge in [-0.25, -0.2) is 33.7 Å². The van der Waals surface area contributed by atoms with Crippen molar-refractivity contribution in [3.05, 3.63) is 58.1 Å². The number of imidazole rings is 1. The van der Waals surface area contributed by atoms with Crippen LogP contribution in [0.1, 0.15) is 18.7 Å². The van der Waals surface area contributed by atoms with E-state index in [2.05, 4.69) is 24.9 Å². The molecule has 59 heavy (non-hydrogen) atoms. The summed E-state index contributed by atoms with van der Waals surface area (Å²) in [7, 11) is -10.7. The minimum atomic E-state index is -5.37. The van der Waals surface area contributed by atoms with E-state index in [-0.39, 0.29) is 28.6 Å². The predicted molar refractivity (Wildman–Crippen MR) is 190 cm³/mol. The number of hydrogen-bond donors (Lipinski definition) is 10. The van der Waals surface area contributed by atoms with Crippen LogP contribution in [-0.2, 0) is 41.4 Å². The number of nitrogens with two attached hydrogens (primary N) is 3. The molecule has 0 radical (unpaired) electrons. The summed E-state index contributed by atoms with van der Waals surface area (Å²) >= 11 is 0. The highest BCUT2D eigenvalue weighted by molar-refractivity contribution is 7.47.